The molecule has 1 amide bonds. The highest BCUT2D eigenvalue weighted by Crippen LogP contribution is 2.27. The first kappa shape index (κ1) is 22.2. The fraction of sp³-hybridized carbons (Fsp3) is 0.381. The van der Waals surface area contributed by atoms with E-state index in [0.717, 1.165) is 21.7 Å². The third kappa shape index (κ3) is 4.79. The number of thioether (sulfide) groups is 1. The minimum Gasteiger partial charge on any atom is -0.493 e. The molecule has 1 aromatic carbocycles. The third-order valence-corrected chi connectivity index (χ3v) is 6.53. The van der Waals surface area contributed by atoms with Crippen molar-refractivity contribution in [2.45, 2.75) is 31.5 Å². The molecule has 7 nitrogen and oxygen atoms in total. The number of fused-ring (bicyclic) bond motifs is 1. The Hall–Kier alpha value is -2.52. The molecule has 0 radical (unpaired) electrons. The molecule has 0 saturated carbocycles. The van der Waals surface area contributed by atoms with E-state index in [1.165, 1.54) is 27.7 Å². The van der Waals surface area contributed by atoms with Crippen LogP contribution < -0.4 is 20.3 Å². The van der Waals surface area contributed by atoms with Crippen molar-refractivity contribution < 1.29 is 14.3 Å². The summed E-state index contributed by atoms with van der Waals surface area (Å²) < 4.78 is 12.0. The Morgan fingerprint density at radius 3 is 2.67 bits per heavy atom. The summed E-state index contributed by atoms with van der Waals surface area (Å²) in [7, 11) is 3.18. The van der Waals surface area contributed by atoms with Crippen LogP contribution in [0.2, 0.25) is 0 Å². The van der Waals surface area contributed by atoms with Crippen LogP contribution in [0.25, 0.3) is 10.2 Å². The van der Waals surface area contributed by atoms with Crippen molar-refractivity contribution in [3.05, 3.63) is 45.1 Å². The highest BCUT2D eigenvalue weighted by Gasteiger charge is 2.15. The molecule has 0 bridgehead atoms. The van der Waals surface area contributed by atoms with E-state index in [0.29, 0.717) is 35.0 Å². The molecule has 3 rings (SSSR count). The van der Waals surface area contributed by atoms with Gasteiger partial charge < -0.3 is 14.8 Å². The molecular formula is C21H25N3O4S2. The van der Waals surface area contributed by atoms with E-state index in [-0.39, 0.29) is 18.0 Å². The molecule has 2 aromatic heterocycles. The van der Waals surface area contributed by atoms with Crippen LogP contribution >= 0.6 is 23.1 Å². The maximum Gasteiger partial charge on any atom is 0.263 e. The van der Waals surface area contributed by atoms with Crippen molar-refractivity contribution in [3.63, 3.8) is 0 Å². The normalized spacial score (nSPS) is 10.9. The predicted octanol–water partition coefficient (Wildman–Crippen LogP) is 3.12. The topological polar surface area (TPSA) is 82.5 Å². The van der Waals surface area contributed by atoms with E-state index in [1.54, 1.807) is 14.2 Å². The second-order valence-electron chi connectivity index (χ2n) is 6.56. The summed E-state index contributed by atoms with van der Waals surface area (Å²) in [5.74, 6) is 1.09. The smallest absolute Gasteiger partial charge is 0.263 e. The van der Waals surface area contributed by atoms with Crippen LogP contribution in [0.3, 0.4) is 0 Å². The number of thiophene rings is 1. The van der Waals surface area contributed by atoms with Gasteiger partial charge in [-0.1, -0.05) is 24.8 Å². The number of aryl methyl sites for hydroxylation is 1. The maximum atomic E-state index is 12.9. The van der Waals surface area contributed by atoms with Gasteiger partial charge in [-0.2, -0.15) is 0 Å². The van der Waals surface area contributed by atoms with E-state index in [1.807, 2.05) is 37.4 Å². The van der Waals surface area contributed by atoms with E-state index in [2.05, 4.69) is 10.3 Å². The number of carbonyl (C=O) groups is 1. The molecule has 3 aromatic rings. The van der Waals surface area contributed by atoms with Crippen LogP contribution in [0.1, 0.15) is 17.4 Å². The largest absolute Gasteiger partial charge is 0.493 e. The zero-order valence-corrected chi connectivity index (χ0v) is 19.1. The fourth-order valence-corrected chi connectivity index (χ4v) is 4.66. The van der Waals surface area contributed by atoms with Gasteiger partial charge in [0.1, 0.15) is 11.4 Å². The lowest BCUT2D eigenvalue weighted by atomic mass is 10.1. The summed E-state index contributed by atoms with van der Waals surface area (Å²) in [6.45, 7) is 2.44. The molecule has 9 heteroatoms. The number of ether oxygens (including phenoxy) is 2. The number of aromatic nitrogens is 2. The van der Waals surface area contributed by atoms with Crippen LogP contribution in [0.15, 0.2) is 34.2 Å². The lowest BCUT2D eigenvalue weighted by Gasteiger charge is -2.12. The van der Waals surface area contributed by atoms with Gasteiger partial charge in [-0.15, -0.1) is 11.3 Å². The first-order valence-electron chi connectivity index (χ1n) is 9.55. The summed E-state index contributed by atoms with van der Waals surface area (Å²) in [6.07, 6.45) is 3.34. The first-order chi connectivity index (χ1) is 14.5. The Morgan fingerprint density at radius 2 is 2.00 bits per heavy atom. The molecule has 0 atom stereocenters. The SMILES string of the molecule is CCc1cc2c(=O)n(CC(=O)NCCc3ccc(OC)c(OC)c3)c(SC)nc2s1. The van der Waals surface area contributed by atoms with Gasteiger partial charge in [0.2, 0.25) is 5.91 Å². The Bertz CT molecular complexity index is 1110. The Morgan fingerprint density at radius 1 is 1.23 bits per heavy atom. The second-order valence-corrected chi connectivity index (χ2v) is 8.45. The molecule has 0 aliphatic carbocycles. The van der Waals surface area contributed by atoms with Crippen molar-refractivity contribution in [3.8, 4) is 11.5 Å². The lowest BCUT2D eigenvalue weighted by Crippen LogP contribution is -2.34. The summed E-state index contributed by atoms with van der Waals surface area (Å²) >= 11 is 2.89. The summed E-state index contributed by atoms with van der Waals surface area (Å²) in [5.41, 5.74) is 0.846. The molecule has 30 heavy (non-hydrogen) atoms. The molecular weight excluding hydrogens is 422 g/mol. The van der Waals surface area contributed by atoms with Crippen molar-refractivity contribution >= 4 is 39.2 Å². The maximum absolute atomic E-state index is 12.9. The average Bonchev–Trinajstić information content (AvgIpc) is 3.19. The number of rotatable bonds is 9. The van der Waals surface area contributed by atoms with Crippen molar-refractivity contribution in [1.29, 1.82) is 0 Å². The van der Waals surface area contributed by atoms with Gasteiger partial charge in [0.05, 0.1) is 19.6 Å². The number of methoxy groups -OCH3 is 2. The minimum absolute atomic E-state index is 0.0544. The lowest BCUT2D eigenvalue weighted by molar-refractivity contribution is -0.121. The van der Waals surface area contributed by atoms with Gasteiger partial charge in [0.15, 0.2) is 16.7 Å². The number of amides is 1. The van der Waals surface area contributed by atoms with Crippen LogP contribution in [-0.2, 0) is 24.2 Å². The standard InChI is InChI=1S/C21H25N3O4S2/c1-5-14-11-15-19(30-14)23-21(29-4)24(20(15)26)12-18(25)22-9-8-13-6-7-16(27-2)17(10-13)28-3/h6-7,10-11H,5,8-9,12H2,1-4H3,(H,22,25). The van der Waals surface area contributed by atoms with Crippen LogP contribution in [0.5, 0.6) is 11.5 Å². The van der Waals surface area contributed by atoms with E-state index in [4.69, 9.17) is 9.47 Å². The minimum atomic E-state index is -0.222. The predicted molar refractivity (Wildman–Crippen MR) is 121 cm³/mol. The Labute approximate surface area is 183 Å². The number of hydrogen-bond acceptors (Lipinski definition) is 7. The highest BCUT2D eigenvalue weighted by molar-refractivity contribution is 7.98. The molecule has 160 valence electrons. The Balaban J connectivity index is 1.68. The molecule has 2 heterocycles. The molecule has 0 fully saturated rings. The van der Waals surface area contributed by atoms with Crippen molar-refractivity contribution in [2.24, 2.45) is 0 Å². The average molecular weight is 448 g/mol. The van der Waals surface area contributed by atoms with Gasteiger partial charge in [-0.05, 0) is 42.9 Å². The summed E-state index contributed by atoms with van der Waals surface area (Å²) in [4.78, 5) is 31.8. The number of benzene rings is 1. The van der Waals surface area contributed by atoms with Crippen molar-refractivity contribution in [2.75, 3.05) is 27.0 Å². The van der Waals surface area contributed by atoms with E-state index >= 15 is 0 Å². The van der Waals surface area contributed by atoms with Gasteiger partial charge >= 0.3 is 0 Å². The van der Waals surface area contributed by atoms with E-state index in [9.17, 15) is 9.59 Å². The summed E-state index contributed by atoms with van der Waals surface area (Å²) in [6, 6.07) is 7.54. The molecule has 0 saturated heterocycles. The second kappa shape index (κ2) is 9.99. The number of hydrogen-bond donors (Lipinski definition) is 1. The molecule has 0 unspecified atom stereocenters. The van der Waals surface area contributed by atoms with Gasteiger partial charge in [0, 0.05) is 11.4 Å². The molecule has 0 aliphatic rings. The van der Waals surface area contributed by atoms with Gasteiger partial charge in [-0.25, -0.2) is 4.98 Å². The zero-order chi connectivity index (χ0) is 21.7. The number of nitrogens with zero attached hydrogens (tertiary/aromatic N) is 2. The first-order valence-corrected chi connectivity index (χ1v) is 11.6. The fourth-order valence-electron chi connectivity index (χ4n) is 3.10. The van der Waals surface area contributed by atoms with E-state index < -0.39 is 0 Å². The zero-order valence-electron chi connectivity index (χ0n) is 17.5. The Kier molecular flexibility index (Phi) is 7.38. The monoisotopic (exact) mass is 447 g/mol. The number of nitrogens with one attached hydrogen (secondary N) is 1. The highest BCUT2D eigenvalue weighted by atomic mass is 32.2. The number of carbonyl (C=O) groups excluding carboxylic acids is 1. The van der Waals surface area contributed by atoms with Gasteiger partial charge in [-0.3, -0.25) is 14.2 Å². The quantitative estimate of drug-likeness (QED) is 0.401. The van der Waals surface area contributed by atoms with Crippen LogP contribution in [0, 0.1) is 0 Å². The molecule has 0 aliphatic heterocycles. The van der Waals surface area contributed by atoms with Gasteiger partial charge in [0.25, 0.3) is 5.56 Å². The van der Waals surface area contributed by atoms with Crippen LogP contribution in [-0.4, -0.2) is 42.5 Å². The van der Waals surface area contributed by atoms with Crippen molar-refractivity contribution in [1.82, 2.24) is 14.9 Å². The van der Waals surface area contributed by atoms with Crippen LogP contribution in [0.4, 0.5) is 0 Å². The third-order valence-electron chi connectivity index (χ3n) is 4.68. The molecule has 1 N–H and O–H groups in total. The molecule has 0 spiro atoms. The summed E-state index contributed by atoms with van der Waals surface area (Å²) in [5, 5.41) is 4.01.